The molecular formula is C13H14N4O. The molecule has 1 aromatic carbocycles. The van der Waals surface area contributed by atoms with Crippen molar-refractivity contribution in [2.75, 3.05) is 11.1 Å². The van der Waals surface area contributed by atoms with Crippen LogP contribution in [0, 0.1) is 0 Å². The van der Waals surface area contributed by atoms with E-state index in [4.69, 9.17) is 5.73 Å². The van der Waals surface area contributed by atoms with Crippen LogP contribution < -0.4 is 11.1 Å². The molecule has 0 saturated heterocycles. The summed E-state index contributed by atoms with van der Waals surface area (Å²) in [7, 11) is 0. The molecule has 0 unspecified atom stereocenters. The zero-order chi connectivity index (χ0) is 12.8. The summed E-state index contributed by atoms with van der Waals surface area (Å²) in [5.74, 6) is 0.234. The minimum absolute atomic E-state index is 0.0991. The molecule has 5 nitrogen and oxygen atoms in total. The molecule has 0 fully saturated rings. The lowest BCUT2D eigenvalue weighted by Crippen LogP contribution is -2.14. The summed E-state index contributed by atoms with van der Waals surface area (Å²) in [6.07, 6.45) is 4.23. The summed E-state index contributed by atoms with van der Waals surface area (Å²) in [6, 6.07) is 9.19. The van der Waals surface area contributed by atoms with Crippen LogP contribution in [0.25, 0.3) is 0 Å². The average molecular weight is 242 g/mol. The summed E-state index contributed by atoms with van der Waals surface area (Å²) >= 11 is 0. The molecule has 0 aliphatic heterocycles. The van der Waals surface area contributed by atoms with Gasteiger partial charge >= 0.3 is 0 Å². The van der Waals surface area contributed by atoms with E-state index < -0.39 is 0 Å². The highest BCUT2D eigenvalue weighted by atomic mass is 16.1. The topological polar surface area (TPSA) is 80.9 Å². The Morgan fingerprint density at radius 3 is 2.50 bits per heavy atom. The largest absolute Gasteiger partial charge is 0.399 e. The number of nitrogens with one attached hydrogen (secondary N) is 1. The van der Waals surface area contributed by atoms with E-state index in [1.165, 1.54) is 0 Å². The number of hydrogen-bond acceptors (Lipinski definition) is 4. The van der Waals surface area contributed by atoms with Crippen LogP contribution in [0.2, 0.25) is 0 Å². The van der Waals surface area contributed by atoms with E-state index >= 15 is 0 Å². The zero-order valence-electron chi connectivity index (χ0n) is 9.84. The van der Waals surface area contributed by atoms with Crippen molar-refractivity contribution < 1.29 is 4.79 Å². The van der Waals surface area contributed by atoms with Crippen molar-refractivity contribution in [2.24, 2.45) is 0 Å². The normalized spacial score (nSPS) is 10.0. The minimum Gasteiger partial charge on any atom is -0.399 e. The summed E-state index contributed by atoms with van der Waals surface area (Å²) in [5, 5.41) is 2.64. The molecule has 1 amide bonds. The van der Waals surface area contributed by atoms with Crippen LogP contribution in [-0.2, 0) is 11.2 Å². The van der Waals surface area contributed by atoms with Crippen molar-refractivity contribution in [1.29, 1.82) is 0 Å². The van der Waals surface area contributed by atoms with Gasteiger partial charge in [0.1, 0.15) is 0 Å². The Morgan fingerprint density at radius 1 is 1.17 bits per heavy atom. The van der Waals surface area contributed by atoms with Crippen LogP contribution in [0.1, 0.15) is 12.0 Å². The quantitative estimate of drug-likeness (QED) is 0.798. The Kier molecular flexibility index (Phi) is 3.86. The van der Waals surface area contributed by atoms with E-state index in [1.807, 2.05) is 24.3 Å². The molecular weight excluding hydrogens is 228 g/mol. The van der Waals surface area contributed by atoms with Crippen molar-refractivity contribution >= 4 is 17.5 Å². The highest BCUT2D eigenvalue weighted by Gasteiger charge is 2.04. The minimum atomic E-state index is -0.0991. The van der Waals surface area contributed by atoms with Gasteiger partial charge in [-0.15, -0.1) is 0 Å². The van der Waals surface area contributed by atoms with Crippen LogP contribution in [0.4, 0.5) is 11.6 Å². The molecule has 2 aromatic rings. The van der Waals surface area contributed by atoms with Crippen LogP contribution >= 0.6 is 0 Å². The number of nitrogens with two attached hydrogens (primary N) is 1. The Bertz CT molecular complexity index is 510. The highest BCUT2D eigenvalue weighted by Crippen LogP contribution is 2.08. The Hall–Kier alpha value is -2.43. The van der Waals surface area contributed by atoms with E-state index in [0.717, 1.165) is 11.3 Å². The summed E-state index contributed by atoms with van der Waals surface area (Å²) in [4.78, 5) is 19.5. The molecule has 5 heteroatoms. The van der Waals surface area contributed by atoms with Crippen LogP contribution in [-0.4, -0.2) is 15.9 Å². The first-order valence-corrected chi connectivity index (χ1v) is 5.65. The Morgan fingerprint density at radius 2 is 1.83 bits per heavy atom. The maximum Gasteiger partial charge on any atom is 0.229 e. The lowest BCUT2D eigenvalue weighted by atomic mass is 10.1. The van der Waals surface area contributed by atoms with Gasteiger partial charge in [-0.25, -0.2) is 9.97 Å². The van der Waals surface area contributed by atoms with Crippen LogP contribution in [0.3, 0.4) is 0 Å². The molecule has 0 spiro atoms. The molecule has 0 atom stereocenters. The van der Waals surface area contributed by atoms with Crippen molar-refractivity contribution in [3.63, 3.8) is 0 Å². The second-order valence-corrected chi connectivity index (χ2v) is 3.86. The molecule has 2 rings (SSSR count). The number of nitrogens with zero attached hydrogens (tertiary/aromatic N) is 2. The van der Waals surface area contributed by atoms with Crippen molar-refractivity contribution in [3.05, 3.63) is 48.3 Å². The first-order valence-electron chi connectivity index (χ1n) is 5.65. The third-order valence-corrected chi connectivity index (χ3v) is 2.44. The van der Waals surface area contributed by atoms with Gasteiger partial charge in [-0.3, -0.25) is 10.1 Å². The Labute approximate surface area is 105 Å². The monoisotopic (exact) mass is 242 g/mol. The molecule has 0 aliphatic carbocycles. The van der Waals surface area contributed by atoms with Crippen molar-refractivity contribution in [2.45, 2.75) is 12.8 Å². The molecule has 0 aliphatic rings. The molecule has 92 valence electrons. The molecule has 18 heavy (non-hydrogen) atoms. The summed E-state index contributed by atoms with van der Waals surface area (Å²) < 4.78 is 0. The van der Waals surface area contributed by atoms with Gasteiger partial charge in [0.2, 0.25) is 11.9 Å². The molecule has 1 heterocycles. The number of benzene rings is 1. The molecule has 0 bridgehead atoms. The first-order chi connectivity index (χ1) is 8.74. The number of rotatable bonds is 4. The lowest BCUT2D eigenvalue weighted by Gasteiger charge is -2.03. The Balaban J connectivity index is 1.83. The molecule has 0 radical (unpaired) electrons. The number of carbonyl (C=O) groups is 1. The van der Waals surface area contributed by atoms with E-state index in [1.54, 1.807) is 18.5 Å². The second kappa shape index (κ2) is 5.77. The van der Waals surface area contributed by atoms with Crippen LogP contribution in [0.5, 0.6) is 0 Å². The number of hydrogen-bond donors (Lipinski definition) is 2. The fourth-order valence-corrected chi connectivity index (χ4v) is 1.49. The number of aromatic nitrogens is 2. The van der Waals surface area contributed by atoms with E-state index in [0.29, 0.717) is 18.8 Å². The fraction of sp³-hybridized carbons (Fsp3) is 0.154. The van der Waals surface area contributed by atoms with Gasteiger partial charge in [-0.2, -0.15) is 0 Å². The number of amides is 1. The van der Waals surface area contributed by atoms with Gasteiger partial charge in [0.05, 0.1) is 0 Å². The number of nitrogen functional groups attached to an aromatic ring is 1. The number of carbonyl (C=O) groups excluding carboxylic acids is 1. The van der Waals surface area contributed by atoms with Gasteiger partial charge in [-0.1, -0.05) is 12.1 Å². The maximum atomic E-state index is 11.6. The fourth-order valence-electron chi connectivity index (χ4n) is 1.49. The van der Waals surface area contributed by atoms with Gasteiger partial charge < -0.3 is 5.73 Å². The standard InChI is InChI=1S/C13H14N4O/c14-11-5-2-10(3-6-11)4-7-12(18)17-13-15-8-1-9-16-13/h1-3,5-6,8-9H,4,7,14H2,(H,15,16,17,18). The summed E-state index contributed by atoms with van der Waals surface area (Å²) in [5.41, 5.74) is 7.39. The molecule has 1 aromatic heterocycles. The van der Waals surface area contributed by atoms with Gasteiger partial charge in [-0.05, 0) is 30.2 Å². The lowest BCUT2D eigenvalue weighted by molar-refractivity contribution is -0.116. The maximum absolute atomic E-state index is 11.6. The van der Waals surface area contributed by atoms with E-state index in [2.05, 4.69) is 15.3 Å². The predicted molar refractivity (Wildman–Crippen MR) is 69.8 cm³/mol. The van der Waals surface area contributed by atoms with Crippen LogP contribution in [0.15, 0.2) is 42.7 Å². The average Bonchev–Trinajstić information content (AvgIpc) is 2.39. The SMILES string of the molecule is Nc1ccc(CCC(=O)Nc2ncccn2)cc1. The van der Waals surface area contributed by atoms with Crippen molar-refractivity contribution in [3.8, 4) is 0 Å². The highest BCUT2D eigenvalue weighted by molar-refractivity contribution is 5.88. The zero-order valence-corrected chi connectivity index (χ0v) is 9.84. The third-order valence-electron chi connectivity index (χ3n) is 2.44. The third kappa shape index (κ3) is 3.55. The van der Waals surface area contributed by atoms with E-state index in [-0.39, 0.29) is 5.91 Å². The first kappa shape index (κ1) is 12.0. The van der Waals surface area contributed by atoms with E-state index in [9.17, 15) is 4.79 Å². The number of aryl methyl sites for hydroxylation is 1. The predicted octanol–water partition coefficient (Wildman–Crippen LogP) is 1.63. The number of anilines is 2. The molecule has 3 N–H and O–H groups in total. The van der Waals surface area contributed by atoms with Gasteiger partial charge in [0.25, 0.3) is 0 Å². The summed E-state index contributed by atoms with van der Waals surface area (Å²) in [6.45, 7) is 0. The van der Waals surface area contributed by atoms with Gasteiger partial charge in [0.15, 0.2) is 0 Å². The van der Waals surface area contributed by atoms with Gasteiger partial charge in [0, 0.05) is 24.5 Å². The van der Waals surface area contributed by atoms with Crippen molar-refractivity contribution in [1.82, 2.24) is 9.97 Å². The second-order valence-electron chi connectivity index (χ2n) is 3.86. The molecule has 0 saturated carbocycles. The smallest absolute Gasteiger partial charge is 0.229 e.